The lowest BCUT2D eigenvalue weighted by molar-refractivity contribution is 0.410. The largest absolute Gasteiger partial charge is 0.496 e. The van der Waals surface area contributed by atoms with Crippen LogP contribution in [0, 0.1) is 6.92 Å². The van der Waals surface area contributed by atoms with Gasteiger partial charge in [-0.05, 0) is 38.1 Å². The van der Waals surface area contributed by atoms with E-state index in [0.717, 1.165) is 34.3 Å². The molecule has 0 saturated heterocycles. The van der Waals surface area contributed by atoms with E-state index < -0.39 is 0 Å². The fraction of sp³-hybridized carbons (Fsp3) is 0.308. The molecule has 0 aliphatic heterocycles. The quantitative estimate of drug-likeness (QED) is 0.911. The van der Waals surface area contributed by atoms with Crippen molar-refractivity contribution in [1.82, 2.24) is 4.98 Å². The Morgan fingerprint density at radius 2 is 2.18 bits per heavy atom. The molecule has 0 unspecified atom stereocenters. The molecule has 1 aromatic carbocycles. The standard InChI is InChI=1S/C13H15ClN2O/c1-8-7-10(14)13-9(5-6-15)12(17-2)4-3-11(13)16-8/h3-4,7H,5-6,15H2,1-2H3. The van der Waals surface area contributed by atoms with E-state index in [9.17, 15) is 0 Å². The molecule has 3 nitrogen and oxygen atoms in total. The molecular weight excluding hydrogens is 236 g/mol. The molecule has 2 N–H and O–H groups in total. The number of nitrogens with zero attached hydrogens (tertiary/aromatic N) is 1. The van der Waals surface area contributed by atoms with Crippen LogP contribution in [0.5, 0.6) is 5.75 Å². The average molecular weight is 251 g/mol. The molecule has 0 amide bonds. The number of pyridine rings is 1. The molecule has 2 rings (SSSR count). The Labute approximate surface area is 106 Å². The summed E-state index contributed by atoms with van der Waals surface area (Å²) in [4.78, 5) is 4.47. The molecule has 0 bridgehead atoms. The Bertz CT molecular complexity index is 555. The summed E-state index contributed by atoms with van der Waals surface area (Å²) in [5, 5.41) is 1.65. The van der Waals surface area contributed by atoms with Crippen molar-refractivity contribution in [1.29, 1.82) is 0 Å². The van der Waals surface area contributed by atoms with Crippen molar-refractivity contribution >= 4 is 22.5 Å². The normalized spacial score (nSPS) is 10.8. The minimum Gasteiger partial charge on any atom is -0.496 e. The van der Waals surface area contributed by atoms with Gasteiger partial charge in [-0.2, -0.15) is 0 Å². The van der Waals surface area contributed by atoms with Crippen molar-refractivity contribution in [2.45, 2.75) is 13.3 Å². The fourth-order valence-electron chi connectivity index (χ4n) is 2.04. The third-order valence-corrected chi connectivity index (χ3v) is 3.03. The molecule has 2 aromatic rings. The van der Waals surface area contributed by atoms with E-state index >= 15 is 0 Å². The van der Waals surface area contributed by atoms with Crippen molar-refractivity contribution in [3.8, 4) is 5.75 Å². The first kappa shape index (κ1) is 12.1. The van der Waals surface area contributed by atoms with Gasteiger partial charge in [-0.1, -0.05) is 11.6 Å². The van der Waals surface area contributed by atoms with Crippen LogP contribution < -0.4 is 10.5 Å². The van der Waals surface area contributed by atoms with Crippen molar-refractivity contribution in [3.05, 3.63) is 34.5 Å². The van der Waals surface area contributed by atoms with Crippen molar-refractivity contribution in [2.24, 2.45) is 5.73 Å². The first-order valence-electron chi connectivity index (χ1n) is 5.50. The van der Waals surface area contributed by atoms with Gasteiger partial charge in [-0.3, -0.25) is 4.98 Å². The molecule has 0 spiro atoms. The minimum atomic E-state index is 0.555. The molecule has 0 aliphatic carbocycles. The number of benzene rings is 1. The number of aryl methyl sites for hydroxylation is 1. The summed E-state index contributed by atoms with van der Waals surface area (Å²) in [5.41, 5.74) is 8.47. The lowest BCUT2D eigenvalue weighted by atomic mass is 10.0. The number of rotatable bonds is 3. The van der Waals surface area contributed by atoms with E-state index in [-0.39, 0.29) is 0 Å². The smallest absolute Gasteiger partial charge is 0.122 e. The zero-order chi connectivity index (χ0) is 12.4. The Morgan fingerprint density at radius 1 is 1.41 bits per heavy atom. The number of ether oxygens (including phenoxy) is 1. The predicted molar refractivity (Wildman–Crippen MR) is 70.8 cm³/mol. The summed E-state index contributed by atoms with van der Waals surface area (Å²) in [7, 11) is 1.65. The first-order valence-corrected chi connectivity index (χ1v) is 5.88. The van der Waals surface area contributed by atoms with E-state index in [1.165, 1.54) is 0 Å². The summed E-state index contributed by atoms with van der Waals surface area (Å²) >= 11 is 6.30. The van der Waals surface area contributed by atoms with E-state index in [0.29, 0.717) is 11.6 Å². The maximum absolute atomic E-state index is 6.30. The van der Waals surface area contributed by atoms with Crippen LogP contribution in [0.3, 0.4) is 0 Å². The van der Waals surface area contributed by atoms with Crippen molar-refractivity contribution in [2.75, 3.05) is 13.7 Å². The Balaban J connectivity index is 2.79. The highest BCUT2D eigenvalue weighted by molar-refractivity contribution is 6.35. The summed E-state index contributed by atoms with van der Waals surface area (Å²) in [6, 6.07) is 5.70. The number of hydrogen-bond acceptors (Lipinski definition) is 3. The molecule has 0 aliphatic rings. The molecular formula is C13H15ClN2O. The number of nitrogens with two attached hydrogens (primary N) is 1. The van der Waals surface area contributed by atoms with Crippen LogP contribution in [0.15, 0.2) is 18.2 Å². The van der Waals surface area contributed by atoms with Crippen LogP contribution in [-0.4, -0.2) is 18.6 Å². The van der Waals surface area contributed by atoms with Crippen LogP contribution in [0.4, 0.5) is 0 Å². The van der Waals surface area contributed by atoms with E-state index in [1.807, 2.05) is 25.1 Å². The summed E-state index contributed by atoms with van der Waals surface area (Å²) in [5.74, 6) is 0.815. The van der Waals surface area contributed by atoms with Gasteiger partial charge in [0.2, 0.25) is 0 Å². The number of methoxy groups -OCH3 is 1. The number of halogens is 1. The third-order valence-electron chi connectivity index (χ3n) is 2.73. The second kappa shape index (κ2) is 4.90. The van der Waals surface area contributed by atoms with E-state index in [1.54, 1.807) is 7.11 Å². The van der Waals surface area contributed by atoms with Crippen LogP contribution >= 0.6 is 11.6 Å². The van der Waals surface area contributed by atoms with Crippen LogP contribution in [0.1, 0.15) is 11.3 Å². The minimum absolute atomic E-state index is 0.555. The Morgan fingerprint density at radius 3 is 2.82 bits per heavy atom. The predicted octanol–water partition coefficient (Wildman–Crippen LogP) is 2.71. The lowest BCUT2D eigenvalue weighted by Gasteiger charge is -2.12. The monoisotopic (exact) mass is 250 g/mol. The van der Waals surface area contributed by atoms with Gasteiger partial charge >= 0.3 is 0 Å². The zero-order valence-electron chi connectivity index (χ0n) is 9.96. The van der Waals surface area contributed by atoms with Crippen LogP contribution in [0.2, 0.25) is 5.02 Å². The summed E-state index contributed by atoms with van der Waals surface area (Å²) in [6.45, 7) is 2.48. The zero-order valence-corrected chi connectivity index (χ0v) is 10.7. The average Bonchev–Trinajstić information content (AvgIpc) is 2.29. The number of fused-ring (bicyclic) bond motifs is 1. The molecule has 4 heteroatoms. The maximum atomic E-state index is 6.30. The SMILES string of the molecule is COc1ccc2nc(C)cc(Cl)c2c1CCN. The molecule has 0 saturated carbocycles. The molecule has 0 radical (unpaired) electrons. The van der Waals surface area contributed by atoms with Crippen molar-refractivity contribution in [3.63, 3.8) is 0 Å². The molecule has 90 valence electrons. The summed E-state index contributed by atoms with van der Waals surface area (Å²) < 4.78 is 5.35. The lowest BCUT2D eigenvalue weighted by Crippen LogP contribution is -2.05. The fourth-order valence-corrected chi connectivity index (χ4v) is 2.41. The van der Waals surface area contributed by atoms with Gasteiger partial charge in [0.1, 0.15) is 5.75 Å². The summed E-state index contributed by atoms with van der Waals surface area (Å²) in [6.07, 6.45) is 0.727. The van der Waals surface area contributed by atoms with Gasteiger partial charge in [0.25, 0.3) is 0 Å². The molecule has 17 heavy (non-hydrogen) atoms. The second-order valence-corrected chi connectivity index (χ2v) is 4.33. The number of aromatic nitrogens is 1. The highest BCUT2D eigenvalue weighted by Gasteiger charge is 2.12. The second-order valence-electron chi connectivity index (χ2n) is 3.92. The first-order chi connectivity index (χ1) is 8.17. The van der Waals surface area contributed by atoms with Crippen LogP contribution in [0.25, 0.3) is 10.9 Å². The van der Waals surface area contributed by atoms with E-state index in [2.05, 4.69) is 4.98 Å². The van der Waals surface area contributed by atoms with Crippen LogP contribution in [-0.2, 0) is 6.42 Å². The maximum Gasteiger partial charge on any atom is 0.122 e. The van der Waals surface area contributed by atoms with Gasteiger partial charge in [0, 0.05) is 16.6 Å². The highest BCUT2D eigenvalue weighted by Crippen LogP contribution is 2.32. The highest BCUT2D eigenvalue weighted by atomic mass is 35.5. The molecule has 0 fully saturated rings. The van der Waals surface area contributed by atoms with Gasteiger partial charge in [-0.25, -0.2) is 0 Å². The molecule has 1 heterocycles. The van der Waals surface area contributed by atoms with Crippen molar-refractivity contribution < 1.29 is 4.74 Å². The number of hydrogen-bond donors (Lipinski definition) is 1. The van der Waals surface area contributed by atoms with Gasteiger partial charge in [0.05, 0.1) is 17.6 Å². The van der Waals surface area contributed by atoms with Gasteiger partial charge < -0.3 is 10.5 Å². The van der Waals surface area contributed by atoms with Gasteiger partial charge in [0.15, 0.2) is 0 Å². The Kier molecular flexibility index (Phi) is 3.50. The topological polar surface area (TPSA) is 48.1 Å². The van der Waals surface area contributed by atoms with E-state index in [4.69, 9.17) is 22.1 Å². The Hall–Kier alpha value is -1.32. The molecule has 0 atom stereocenters. The van der Waals surface area contributed by atoms with Gasteiger partial charge in [-0.15, -0.1) is 0 Å². The molecule has 1 aromatic heterocycles. The third kappa shape index (κ3) is 2.21.